The van der Waals surface area contributed by atoms with Gasteiger partial charge in [0.1, 0.15) is 17.5 Å². The summed E-state index contributed by atoms with van der Waals surface area (Å²) in [5, 5.41) is 11.7. The lowest BCUT2D eigenvalue weighted by Gasteiger charge is -2.10. The Hall–Kier alpha value is -3.04. The molecule has 0 saturated heterocycles. The van der Waals surface area contributed by atoms with Crippen LogP contribution in [0, 0.1) is 6.92 Å². The second-order valence-corrected chi connectivity index (χ2v) is 7.83. The molecule has 2 heterocycles. The van der Waals surface area contributed by atoms with Crippen LogP contribution in [0.2, 0.25) is 0 Å². The zero-order valence-corrected chi connectivity index (χ0v) is 16.3. The number of sulfonamides is 1. The highest BCUT2D eigenvalue weighted by Crippen LogP contribution is 2.13. The third-order valence-electron chi connectivity index (χ3n) is 4.01. The summed E-state index contributed by atoms with van der Waals surface area (Å²) in [7, 11) is -3.66. The van der Waals surface area contributed by atoms with Crippen LogP contribution < -0.4 is 15.8 Å². The quantitative estimate of drug-likeness (QED) is 0.531. The van der Waals surface area contributed by atoms with E-state index in [2.05, 4.69) is 25.6 Å². The zero-order chi connectivity index (χ0) is 20.0. The van der Waals surface area contributed by atoms with Gasteiger partial charge in [-0.2, -0.15) is 0 Å². The second-order valence-electron chi connectivity index (χ2n) is 6.27. The number of benzene rings is 1. The van der Waals surface area contributed by atoms with E-state index in [4.69, 9.17) is 5.14 Å². The van der Waals surface area contributed by atoms with Gasteiger partial charge < -0.3 is 10.6 Å². The minimum Gasteiger partial charge on any atom is -0.370 e. The van der Waals surface area contributed by atoms with Crippen LogP contribution in [0.1, 0.15) is 17.0 Å². The van der Waals surface area contributed by atoms with Crippen molar-refractivity contribution in [3.05, 3.63) is 71.8 Å². The molecule has 8 nitrogen and oxygen atoms in total. The number of nitrogens with two attached hydrogens (primary N) is 1. The van der Waals surface area contributed by atoms with Crippen molar-refractivity contribution in [2.75, 3.05) is 17.2 Å². The van der Waals surface area contributed by atoms with Crippen LogP contribution in [0.15, 0.2) is 59.8 Å². The lowest BCUT2D eigenvalue weighted by molar-refractivity contribution is 0.598. The Bertz CT molecular complexity index is 1020. The normalized spacial score (nSPS) is 11.2. The second kappa shape index (κ2) is 8.77. The average molecular weight is 398 g/mol. The number of anilines is 2. The Morgan fingerprint density at radius 2 is 1.71 bits per heavy atom. The number of nitrogens with one attached hydrogen (secondary N) is 2. The Morgan fingerprint density at radius 3 is 2.36 bits per heavy atom. The van der Waals surface area contributed by atoms with Crippen LogP contribution in [-0.4, -0.2) is 29.9 Å². The standard InChI is InChI=1S/C19H22N6O2S/c1-14-24-18(11-19(25-14)23-13-16-3-2-9-21-12-16)22-10-8-15-4-6-17(7-5-15)28(20,26)27/h2-7,9,11-12H,8,10,13H2,1H3,(H2,20,26,27)(H2,22,23,24,25). The van der Waals surface area contributed by atoms with Gasteiger partial charge in [-0.25, -0.2) is 23.5 Å². The molecule has 0 saturated carbocycles. The number of nitrogens with zero attached hydrogens (tertiary/aromatic N) is 3. The number of pyridine rings is 1. The Balaban J connectivity index is 1.56. The van der Waals surface area contributed by atoms with Gasteiger partial charge in [0.05, 0.1) is 4.90 Å². The summed E-state index contributed by atoms with van der Waals surface area (Å²) in [4.78, 5) is 13.0. The lowest BCUT2D eigenvalue weighted by atomic mass is 10.1. The summed E-state index contributed by atoms with van der Waals surface area (Å²) in [5.74, 6) is 2.12. The van der Waals surface area contributed by atoms with Crippen molar-refractivity contribution < 1.29 is 8.42 Å². The number of hydrogen-bond donors (Lipinski definition) is 3. The molecule has 0 amide bonds. The third kappa shape index (κ3) is 5.73. The highest BCUT2D eigenvalue weighted by molar-refractivity contribution is 7.89. The SMILES string of the molecule is Cc1nc(NCCc2ccc(S(N)(=O)=O)cc2)cc(NCc2cccnc2)n1. The largest absolute Gasteiger partial charge is 0.370 e. The molecule has 0 radical (unpaired) electrons. The first-order chi connectivity index (χ1) is 13.4. The van der Waals surface area contributed by atoms with Gasteiger partial charge in [-0.1, -0.05) is 18.2 Å². The maximum absolute atomic E-state index is 11.3. The molecule has 0 atom stereocenters. The van der Waals surface area contributed by atoms with Crippen molar-refractivity contribution in [3.8, 4) is 0 Å². The minimum absolute atomic E-state index is 0.111. The Labute approximate surface area is 164 Å². The fourth-order valence-electron chi connectivity index (χ4n) is 2.62. The van der Waals surface area contributed by atoms with Crippen LogP contribution in [0.25, 0.3) is 0 Å². The highest BCUT2D eigenvalue weighted by Gasteiger charge is 2.07. The predicted molar refractivity (Wildman–Crippen MR) is 108 cm³/mol. The number of primary sulfonamides is 1. The van der Waals surface area contributed by atoms with Gasteiger partial charge in [0.25, 0.3) is 0 Å². The molecule has 2 aromatic heterocycles. The van der Waals surface area contributed by atoms with Crippen molar-refractivity contribution >= 4 is 21.7 Å². The Kier molecular flexibility index (Phi) is 6.17. The molecule has 0 aliphatic heterocycles. The fraction of sp³-hybridized carbons (Fsp3) is 0.211. The summed E-state index contributed by atoms with van der Waals surface area (Å²) in [6.45, 7) is 3.11. The first-order valence-electron chi connectivity index (χ1n) is 8.74. The Morgan fingerprint density at radius 1 is 1.00 bits per heavy atom. The smallest absolute Gasteiger partial charge is 0.238 e. The monoisotopic (exact) mass is 398 g/mol. The van der Waals surface area contributed by atoms with Gasteiger partial charge in [-0.15, -0.1) is 0 Å². The topological polar surface area (TPSA) is 123 Å². The van der Waals surface area contributed by atoms with Crippen molar-refractivity contribution in [2.24, 2.45) is 5.14 Å². The molecule has 0 aliphatic carbocycles. The van der Waals surface area contributed by atoms with Crippen molar-refractivity contribution in [3.63, 3.8) is 0 Å². The van der Waals surface area contributed by atoms with E-state index < -0.39 is 10.0 Å². The molecule has 0 aliphatic rings. The van der Waals surface area contributed by atoms with Gasteiger partial charge in [0, 0.05) is 31.5 Å². The molecule has 146 valence electrons. The molecule has 4 N–H and O–H groups in total. The van der Waals surface area contributed by atoms with E-state index in [1.165, 1.54) is 12.1 Å². The van der Waals surface area contributed by atoms with Crippen LogP contribution in [0.3, 0.4) is 0 Å². The molecule has 0 spiro atoms. The van der Waals surface area contributed by atoms with E-state index in [-0.39, 0.29) is 4.90 Å². The van der Waals surface area contributed by atoms with E-state index in [0.717, 1.165) is 22.8 Å². The lowest BCUT2D eigenvalue weighted by Crippen LogP contribution is -2.12. The summed E-state index contributed by atoms with van der Waals surface area (Å²) in [6.07, 6.45) is 4.26. The van der Waals surface area contributed by atoms with Gasteiger partial charge >= 0.3 is 0 Å². The maximum Gasteiger partial charge on any atom is 0.238 e. The van der Waals surface area contributed by atoms with E-state index in [1.807, 2.05) is 25.1 Å². The fourth-order valence-corrected chi connectivity index (χ4v) is 3.14. The van der Waals surface area contributed by atoms with Gasteiger partial charge in [0.2, 0.25) is 10.0 Å². The van der Waals surface area contributed by atoms with Crippen molar-refractivity contribution in [2.45, 2.75) is 24.8 Å². The molecular weight excluding hydrogens is 376 g/mol. The van der Waals surface area contributed by atoms with Crippen molar-refractivity contribution in [1.82, 2.24) is 15.0 Å². The minimum atomic E-state index is -3.66. The van der Waals surface area contributed by atoms with Gasteiger partial charge in [-0.3, -0.25) is 4.98 Å². The first-order valence-corrected chi connectivity index (χ1v) is 10.3. The molecular formula is C19H22N6O2S. The maximum atomic E-state index is 11.3. The average Bonchev–Trinajstić information content (AvgIpc) is 2.67. The third-order valence-corrected chi connectivity index (χ3v) is 4.94. The number of aromatic nitrogens is 3. The van der Waals surface area contributed by atoms with E-state index in [1.54, 1.807) is 24.5 Å². The summed E-state index contributed by atoms with van der Waals surface area (Å²) >= 11 is 0. The molecule has 1 aromatic carbocycles. The van der Waals surface area contributed by atoms with Gasteiger partial charge in [0.15, 0.2) is 0 Å². The van der Waals surface area contributed by atoms with E-state index in [9.17, 15) is 8.42 Å². The summed E-state index contributed by atoms with van der Waals surface area (Å²) < 4.78 is 22.6. The molecule has 28 heavy (non-hydrogen) atoms. The molecule has 0 fully saturated rings. The van der Waals surface area contributed by atoms with E-state index in [0.29, 0.717) is 25.3 Å². The van der Waals surface area contributed by atoms with Crippen molar-refractivity contribution in [1.29, 1.82) is 0 Å². The zero-order valence-electron chi connectivity index (χ0n) is 15.5. The molecule has 9 heteroatoms. The number of hydrogen-bond acceptors (Lipinski definition) is 7. The highest BCUT2D eigenvalue weighted by atomic mass is 32.2. The van der Waals surface area contributed by atoms with Crippen LogP contribution in [0.4, 0.5) is 11.6 Å². The van der Waals surface area contributed by atoms with E-state index >= 15 is 0 Å². The number of aryl methyl sites for hydroxylation is 1. The molecule has 3 rings (SSSR count). The van der Waals surface area contributed by atoms with Crippen LogP contribution in [-0.2, 0) is 23.0 Å². The molecule has 0 bridgehead atoms. The molecule has 3 aromatic rings. The summed E-state index contributed by atoms with van der Waals surface area (Å²) in [6, 6.07) is 12.3. The number of rotatable bonds is 8. The summed E-state index contributed by atoms with van der Waals surface area (Å²) in [5.41, 5.74) is 2.07. The predicted octanol–water partition coefficient (Wildman–Crippen LogP) is 2.09. The van der Waals surface area contributed by atoms with Gasteiger partial charge in [-0.05, 0) is 42.7 Å². The first kappa shape index (κ1) is 19.7. The molecule has 0 unspecified atom stereocenters. The van der Waals surface area contributed by atoms with Crippen LogP contribution in [0.5, 0.6) is 0 Å². The van der Waals surface area contributed by atoms with Crippen LogP contribution >= 0.6 is 0 Å².